The van der Waals surface area contributed by atoms with Crippen molar-refractivity contribution < 1.29 is 4.79 Å². The Kier molecular flexibility index (Phi) is 2.31. The number of hydrogen-bond donors (Lipinski definition) is 1. The predicted octanol–water partition coefficient (Wildman–Crippen LogP) is 1.67. The summed E-state index contributed by atoms with van der Waals surface area (Å²) in [6, 6.07) is 3.62. The highest BCUT2D eigenvalue weighted by atomic mass is 16.1. The van der Waals surface area contributed by atoms with Crippen molar-refractivity contribution in [2.24, 2.45) is 0 Å². The van der Waals surface area contributed by atoms with Gasteiger partial charge in [0.05, 0.1) is 0 Å². The summed E-state index contributed by atoms with van der Waals surface area (Å²) in [5, 5.41) is 0. The number of nitrogens with zero attached hydrogens (tertiary/aromatic N) is 1. The molecule has 2 rings (SSSR count). The molecule has 1 aliphatic carbocycles. The van der Waals surface area contributed by atoms with Crippen molar-refractivity contribution in [1.29, 1.82) is 0 Å². The molecule has 1 heterocycles. The highest BCUT2D eigenvalue weighted by Crippen LogP contribution is 2.25. The molecule has 1 aliphatic rings. The van der Waals surface area contributed by atoms with Crippen LogP contribution in [-0.2, 0) is 4.79 Å². The van der Waals surface area contributed by atoms with Gasteiger partial charge in [-0.05, 0) is 18.1 Å². The molecule has 14 heavy (non-hydrogen) atoms. The lowest BCUT2D eigenvalue weighted by molar-refractivity contribution is -0.119. The second-order valence-corrected chi connectivity index (χ2v) is 3.45. The maximum absolute atomic E-state index is 11.6. The smallest absolute Gasteiger partial charge is 0.144 e. The second kappa shape index (κ2) is 3.62. The Morgan fingerprint density at radius 1 is 1.36 bits per heavy atom. The maximum atomic E-state index is 11.6. The summed E-state index contributed by atoms with van der Waals surface area (Å²) in [5.41, 5.74) is 6.45. The van der Waals surface area contributed by atoms with Crippen molar-refractivity contribution >= 4 is 11.6 Å². The van der Waals surface area contributed by atoms with Crippen LogP contribution in [-0.4, -0.2) is 10.8 Å². The minimum Gasteiger partial charge on any atom is -0.384 e. The van der Waals surface area contributed by atoms with Crippen LogP contribution in [0.3, 0.4) is 0 Å². The number of Topliss-reactive ketones (excluding diaryl/α,β-unsaturated/α-hetero) is 1. The molecule has 0 saturated carbocycles. The van der Waals surface area contributed by atoms with E-state index in [1.807, 2.05) is 18.2 Å². The van der Waals surface area contributed by atoms with Crippen LogP contribution in [0, 0.1) is 0 Å². The lowest BCUT2D eigenvalue weighted by atomic mass is 9.87. The van der Waals surface area contributed by atoms with Crippen molar-refractivity contribution in [2.45, 2.75) is 18.8 Å². The molecule has 0 radical (unpaired) electrons. The molecule has 0 spiro atoms. The number of nitrogen functional groups attached to an aromatic ring is 1. The van der Waals surface area contributed by atoms with Crippen LogP contribution >= 0.6 is 0 Å². The van der Waals surface area contributed by atoms with E-state index in [2.05, 4.69) is 4.98 Å². The molecule has 1 atom stereocenters. The number of rotatable bonds is 1. The SMILES string of the molecule is Nc1ccc(C2CC=CCC2=O)cn1. The number of aromatic nitrogens is 1. The lowest BCUT2D eigenvalue weighted by Crippen LogP contribution is -2.14. The summed E-state index contributed by atoms with van der Waals surface area (Å²) in [6.07, 6.45) is 6.97. The predicted molar refractivity (Wildman–Crippen MR) is 54.8 cm³/mol. The largest absolute Gasteiger partial charge is 0.384 e. The van der Waals surface area contributed by atoms with E-state index < -0.39 is 0 Å². The highest BCUT2D eigenvalue weighted by molar-refractivity contribution is 5.88. The number of pyridine rings is 1. The van der Waals surface area contributed by atoms with E-state index in [9.17, 15) is 4.79 Å². The van der Waals surface area contributed by atoms with Crippen LogP contribution in [0.4, 0.5) is 5.82 Å². The van der Waals surface area contributed by atoms with Gasteiger partial charge in [0.25, 0.3) is 0 Å². The first kappa shape index (κ1) is 8.94. The van der Waals surface area contributed by atoms with Gasteiger partial charge in [0, 0.05) is 18.5 Å². The lowest BCUT2D eigenvalue weighted by Gasteiger charge is -2.16. The van der Waals surface area contributed by atoms with Crippen LogP contribution in [0.25, 0.3) is 0 Å². The van der Waals surface area contributed by atoms with Gasteiger partial charge in [-0.25, -0.2) is 4.98 Å². The fourth-order valence-corrected chi connectivity index (χ4v) is 1.65. The summed E-state index contributed by atoms with van der Waals surface area (Å²) >= 11 is 0. The molecule has 3 nitrogen and oxygen atoms in total. The molecule has 1 aromatic rings. The number of hydrogen-bond acceptors (Lipinski definition) is 3. The molecule has 0 saturated heterocycles. The van der Waals surface area contributed by atoms with Gasteiger partial charge in [-0.15, -0.1) is 0 Å². The molecular weight excluding hydrogens is 176 g/mol. The van der Waals surface area contributed by atoms with Gasteiger partial charge in [0.1, 0.15) is 11.6 Å². The van der Waals surface area contributed by atoms with Gasteiger partial charge in [-0.3, -0.25) is 4.79 Å². The summed E-state index contributed by atoms with van der Waals surface area (Å²) in [5.74, 6) is 0.736. The zero-order valence-corrected chi connectivity index (χ0v) is 7.81. The molecule has 1 aromatic heterocycles. The Hall–Kier alpha value is -1.64. The molecule has 0 aromatic carbocycles. The average molecular weight is 188 g/mol. The number of ketones is 1. The quantitative estimate of drug-likeness (QED) is 0.682. The molecule has 1 unspecified atom stereocenters. The Balaban J connectivity index is 2.26. The van der Waals surface area contributed by atoms with E-state index in [1.54, 1.807) is 12.3 Å². The molecule has 3 heteroatoms. The number of nitrogens with two attached hydrogens (primary N) is 1. The fourth-order valence-electron chi connectivity index (χ4n) is 1.65. The zero-order valence-electron chi connectivity index (χ0n) is 7.81. The number of anilines is 1. The second-order valence-electron chi connectivity index (χ2n) is 3.45. The van der Waals surface area contributed by atoms with E-state index in [1.165, 1.54) is 0 Å². The zero-order chi connectivity index (χ0) is 9.97. The minimum absolute atomic E-state index is 0.0203. The van der Waals surface area contributed by atoms with Crippen LogP contribution < -0.4 is 5.73 Å². The van der Waals surface area contributed by atoms with E-state index in [4.69, 9.17) is 5.73 Å². The molecular formula is C11H12N2O. The Bertz CT molecular complexity index is 367. The van der Waals surface area contributed by atoms with Crippen LogP contribution in [0.1, 0.15) is 24.3 Å². The molecule has 0 amide bonds. The van der Waals surface area contributed by atoms with Gasteiger partial charge < -0.3 is 5.73 Å². The van der Waals surface area contributed by atoms with E-state index in [-0.39, 0.29) is 11.7 Å². The van der Waals surface area contributed by atoms with Gasteiger partial charge in [-0.1, -0.05) is 18.2 Å². The summed E-state index contributed by atoms with van der Waals surface area (Å²) < 4.78 is 0. The fraction of sp³-hybridized carbons (Fsp3) is 0.273. The first-order valence-electron chi connectivity index (χ1n) is 4.66. The maximum Gasteiger partial charge on any atom is 0.144 e. The normalized spacial score (nSPS) is 21.1. The monoisotopic (exact) mass is 188 g/mol. The highest BCUT2D eigenvalue weighted by Gasteiger charge is 2.20. The van der Waals surface area contributed by atoms with Gasteiger partial charge in [-0.2, -0.15) is 0 Å². The topological polar surface area (TPSA) is 56.0 Å². The third-order valence-electron chi connectivity index (χ3n) is 2.46. The Labute approximate surface area is 82.6 Å². The molecule has 72 valence electrons. The van der Waals surface area contributed by atoms with Crippen molar-refractivity contribution in [3.05, 3.63) is 36.0 Å². The first-order chi connectivity index (χ1) is 6.77. The number of carbonyl (C=O) groups is 1. The third kappa shape index (κ3) is 1.66. The van der Waals surface area contributed by atoms with Crippen LogP contribution in [0.15, 0.2) is 30.5 Å². The summed E-state index contributed by atoms with van der Waals surface area (Å²) in [7, 11) is 0. The Morgan fingerprint density at radius 3 is 2.86 bits per heavy atom. The van der Waals surface area contributed by atoms with Gasteiger partial charge in [0.15, 0.2) is 0 Å². The van der Waals surface area contributed by atoms with Gasteiger partial charge in [0.2, 0.25) is 0 Å². The Morgan fingerprint density at radius 2 is 2.21 bits per heavy atom. The first-order valence-corrected chi connectivity index (χ1v) is 4.66. The molecule has 2 N–H and O–H groups in total. The minimum atomic E-state index is -0.0203. The van der Waals surface area contributed by atoms with E-state index in [0.717, 1.165) is 12.0 Å². The van der Waals surface area contributed by atoms with Gasteiger partial charge >= 0.3 is 0 Å². The number of carbonyl (C=O) groups excluding carboxylic acids is 1. The molecule has 0 bridgehead atoms. The average Bonchev–Trinajstić information content (AvgIpc) is 2.20. The van der Waals surface area contributed by atoms with Crippen molar-refractivity contribution in [1.82, 2.24) is 4.98 Å². The summed E-state index contributed by atoms with van der Waals surface area (Å²) in [6.45, 7) is 0. The van der Waals surface area contributed by atoms with Crippen molar-refractivity contribution in [3.8, 4) is 0 Å². The van der Waals surface area contributed by atoms with Crippen LogP contribution in [0.5, 0.6) is 0 Å². The standard InChI is InChI=1S/C11H12N2O/c12-11-6-5-8(7-13-11)9-3-1-2-4-10(9)14/h1-2,5-7,9H,3-4H2,(H2,12,13). The van der Waals surface area contributed by atoms with Crippen molar-refractivity contribution in [2.75, 3.05) is 5.73 Å². The third-order valence-corrected chi connectivity index (χ3v) is 2.46. The molecule has 0 fully saturated rings. The number of allylic oxidation sites excluding steroid dienone is 2. The van der Waals surface area contributed by atoms with E-state index in [0.29, 0.717) is 12.2 Å². The van der Waals surface area contributed by atoms with Crippen LogP contribution in [0.2, 0.25) is 0 Å². The molecule has 0 aliphatic heterocycles. The van der Waals surface area contributed by atoms with Crippen molar-refractivity contribution in [3.63, 3.8) is 0 Å². The van der Waals surface area contributed by atoms with E-state index >= 15 is 0 Å². The summed E-state index contributed by atoms with van der Waals surface area (Å²) in [4.78, 5) is 15.6.